The Morgan fingerprint density at radius 3 is 2.67 bits per heavy atom. The van der Waals surface area contributed by atoms with Crippen molar-refractivity contribution >= 4 is 11.9 Å². The number of ether oxygens (including phenoxy) is 1. The number of aliphatic carboxylic acids is 1. The lowest BCUT2D eigenvalue weighted by molar-refractivity contribution is -0.143. The third-order valence-electron chi connectivity index (χ3n) is 5.13. The van der Waals surface area contributed by atoms with Crippen LogP contribution >= 0.6 is 0 Å². The number of nitrogens with zero attached hydrogens (tertiary/aromatic N) is 1. The Labute approximate surface area is 142 Å². The SMILES string of the molecule is O=C(O)CC(=O)N1CC[C@@H](COc2ccccc2C2CCCC2)C1. The molecular weight excluding hydrogens is 306 g/mol. The molecule has 0 aromatic heterocycles. The van der Waals surface area contributed by atoms with Crippen LogP contribution < -0.4 is 4.74 Å². The van der Waals surface area contributed by atoms with E-state index in [2.05, 4.69) is 12.1 Å². The lowest BCUT2D eigenvalue weighted by Crippen LogP contribution is -2.31. The first-order valence-corrected chi connectivity index (χ1v) is 8.85. The third kappa shape index (κ3) is 4.08. The van der Waals surface area contributed by atoms with Crippen LogP contribution in [-0.2, 0) is 9.59 Å². The molecule has 2 aliphatic rings. The second-order valence-electron chi connectivity index (χ2n) is 6.90. The van der Waals surface area contributed by atoms with Crippen molar-refractivity contribution in [3.05, 3.63) is 29.8 Å². The van der Waals surface area contributed by atoms with Gasteiger partial charge in [-0.15, -0.1) is 0 Å². The average Bonchev–Trinajstić information content (AvgIpc) is 3.24. The van der Waals surface area contributed by atoms with Gasteiger partial charge in [0.1, 0.15) is 12.2 Å². The second-order valence-corrected chi connectivity index (χ2v) is 6.90. The van der Waals surface area contributed by atoms with Crippen molar-refractivity contribution in [1.82, 2.24) is 4.90 Å². The minimum Gasteiger partial charge on any atom is -0.493 e. The van der Waals surface area contributed by atoms with Gasteiger partial charge in [-0.25, -0.2) is 0 Å². The lowest BCUT2D eigenvalue weighted by atomic mass is 9.97. The molecule has 0 radical (unpaired) electrons. The zero-order valence-corrected chi connectivity index (χ0v) is 13.9. The van der Waals surface area contributed by atoms with E-state index in [1.807, 2.05) is 12.1 Å². The van der Waals surface area contributed by atoms with Gasteiger partial charge in [0.2, 0.25) is 5.91 Å². The molecule has 1 heterocycles. The summed E-state index contributed by atoms with van der Waals surface area (Å²) in [4.78, 5) is 24.1. The number of para-hydroxylation sites is 1. The standard InChI is InChI=1S/C19H25NO4/c21-18(11-19(22)23)20-10-9-14(12-20)13-24-17-8-4-3-7-16(17)15-5-1-2-6-15/h3-4,7-8,14-15H,1-2,5-6,9-13H2,(H,22,23)/t14-/m1/s1. The lowest BCUT2D eigenvalue weighted by Gasteiger charge is -2.19. The Hall–Kier alpha value is -2.04. The highest BCUT2D eigenvalue weighted by atomic mass is 16.5. The van der Waals surface area contributed by atoms with Crippen LogP contribution in [0.15, 0.2) is 24.3 Å². The van der Waals surface area contributed by atoms with Gasteiger partial charge in [0.05, 0.1) is 6.61 Å². The minimum absolute atomic E-state index is 0.277. The molecular formula is C19H25NO4. The van der Waals surface area contributed by atoms with Gasteiger partial charge in [0.25, 0.3) is 0 Å². The molecule has 1 aromatic carbocycles. The molecule has 3 rings (SSSR count). The van der Waals surface area contributed by atoms with Gasteiger partial charge in [-0.05, 0) is 36.8 Å². The summed E-state index contributed by atoms with van der Waals surface area (Å²) in [6.45, 7) is 1.81. The number of carbonyl (C=O) groups excluding carboxylic acids is 1. The Kier molecular flexibility index (Phi) is 5.38. The maximum Gasteiger partial charge on any atom is 0.312 e. The van der Waals surface area contributed by atoms with Crippen LogP contribution in [0.3, 0.4) is 0 Å². The fourth-order valence-electron chi connectivity index (χ4n) is 3.83. The molecule has 1 aliphatic carbocycles. The maximum absolute atomic E-state index is 11.8. The smallest absolute Gasteiger partial charge is 0.312 e. The van der Waals surface area contributed by atoms with Gasteiger partial charge in [-0.3, -0.25) is 9.59 Å². The third-order valence-corrected chi connectivity index (χ3v) is 5.13. The highest BCUT2D eigenvalue weighted by Crippen LogP contribution is 2.38. The van der Waals surface area contributed by atoms with Crippen molar-refractivity contribution in [3.8, 4) is 5.75 Å². The fraction of sp³-hybridized carbons (Fsp3) is 0.579. The number of amides is 1. The molecule has 1 aliphatic heterocycles. The Bertz CT molecular complexity index is 595. The quantitative estimate of drug-likeness (QED) is 0.814. The predicted octanol–water partition coefficient (Wildman–Crippen LogP) is 3.05. The number of likely N-dealkylation sites (tertiary alicyclic amines) is 1. The monoisotopic (exact) mass is 331 g/mol. The summed E-state index contributed by atoms with van der Waals surface area (Å²) in [7, 11) is 0. The fourth-order valence-corrected chi connectivity index (χ4v) is 3.83. The topological polar surface area (TPSA) is 66.8 Å². The second kappa shape index (κ2) is 7.69. The van der Waals surface area contributed by atoms with Crippen molar-refractivity contribution in [3.63, 3.8) is 0 Å². The van der Waals surface area contributed by atoms with E-state index < -0.39 is 12.4 Å². The molecule has 0 spiro atoms. The molecule has 0 unspecified atom stereocenters. The molecule has 24 heavy (non-hydrogen) atoms. The van der Waals surface area contributed by atoms with Gasteiger partial charge in [0.15, 0.2) is 0 Å². The molecule has 5 nitrogen and oxygen atoms in total. The summed E-state index contributed by atoms with van der Waals surface area (Å²) in [5, 5.41) is 8.72. The van der Waals surface area contributed by atoms with Crippen LogP contribution in [0.1, 0.15) is 50.0 Å². The van der Waals surface area contributed by atoms with Gasteiger partial charge >= 0.3 is 5.97 Å². The van der Waals surface area contributed by atoms with Crippen molar-refractivity contribution in [2.24, 2.45) is 5.92 Å². The van der Waals surface area contributed by atoms with E-state index in [-0.39, 0.29) is 11.8 Å². The Morgan fingerprint density at radius 2 is 1.92 bits per heavy atom. The summed E-state index contributed by atoms with van der Waals surface area (Å²) in [5.41, 5.74) is 1.31. The van der Waals surface area contributed by atoms with Gasteiger partial charge in [-0.2, -0.15) is 0 Å². The molecule has 1 saturated carbocycles. The summed E-state index contributed by atoms with van der Waals surface area (Å²) in [6.07, 6.45) is 5.52. The molecule has 2 fully saturated rings. The molecule has 1 aromatic rings. The summed E-state index contributed by atoms with van der Waals surface area (Å²) >= 11 is 0. The molecule has 1 atom stereocenters. The summed E-state index contributed by atoms with van der Waals surface area (Å²) < 4.78 is 6.09. The van der Waals surface area contributed by atoms with Crippen LogP contribution in [-0.4, -0.2) is 41.6 Å². The summed E-state index contributed by atoms with van der Waals surface area (Å²) in [5.74, 6) is 0.499. The Balaban J connectivity index is 1.53. The van der Waals surface area contributed by atoms with Crippen molar-refractivity contribution in [1.29, 1.82) is 0 Å². The number of carbonyl (C=O) groups is 2. The molecule has 1 amide bonds. The first kappa shape index (κ1) is 16.8. The number of carboxylic acids is 1. The van der Waals surface area contributed by atoms with E-state index >= 15 is 0 Å². The van der Waals surface area contributed by atoms with Crippen LogP contribution in [0.2, 0.25) is 0 Å². The van der Waals surface area contributed by atoms with Crippen molar-refractivity contribution < 1.29 is 19.4 Å². The largest absolute Gasteiger partial charge is 0.493 e. The molecule has 1 saturated heterocycles. The Morgan fingerprint density at radius 1 is 1.17 bits per heavy atom. The zero-order valence-electron chi connectivity index (χ0n) is 13.9. The number of rotatable bonds is 6. The highest BCUT2D eigenvalue weighted by Gasteiger charge is 2.28. The normalized spacial score (nSPS) is 21.2. The van der Waals surface area contributed by atoms with E-state index in [0.29, 0.717) is 25.6 Å². The molecule has 1 N–H and O–H groups in total. The van der Waals surface area contributed by atoms with E-state index in [0.717, 1.165) is 12.2 Å². The van der Waals surface area contributed by atoms with Gasteiger partial charge in [0, 0.05) is 19.0 Å². The van der Waals surface area contributed by atoms with Crippen LogP contribution in [0.25, 0.3) is 0 Å². The molecule has 5 heteroatoms. The van der Waals surface area contributed by atoms with Crippen molar-refractivity contribution in [2.45, 2.75) is 44.4 Å². The highest BCUT2D eigenvalue weighted by molar-refractivity contribution is 5.93. The van der Waals surface area contributed by atoms with Crippen LogP contribution in [0, 0.1) is 5.92 Å². The maximum atomic E-state index is 11.8. The van der Waals surface area contributed by atoms with Gasteiger partial charge in [-0.1, -0.05) is 31.0 Å². The van der Waals surface area contributed by atoms with E-state index in [9.17, 15) is 9.59 Å². The van der Waals surface area contributed by atoms with Crippen LogP contribution in [0.4, 0.5) is 0 Å². The van der Waals surface area contributed by atoms with Crippen molar-refractivity contribution in [2.75, 3.05) is 19.7 Å². The molecule has 0 bridgehead atoms. The zero-order chi connectivity index (χ0) is 16.9. The first-order valence-electron chi connectivity index (χ1n) is 8.85. The van der Waals surface area contributed by atoms with Crippen LogP contribution in [0.5, 0.6) is 5.75 Å². The number of hydrogen-bond acceptors (Lipinski definition) is 3. The minimum atomic E-state index is -1.06. The van der Waals surface area contributed by atoms with E-state index in [4.69, 9.17) is 9.84 Å². The average molecular weight is 331 g/mol. The summed E-state index contributed by atoms with van der Waals surface area (Å²) in [6, 6.07) is 8.28. The van der Waals surface area contributed by atoms with Gasteiger partial charge < -0.3 is 14.7 Å². The number of carboxylic acid groups (broad SMARTS) is 1. The van der Waals surface area contributed by atoms with E-state index in [1.165, 1.54) is 31.2 Å². The number of hydrogen-bond donors (Lipinski definition) is 1. The molecule has 130 valence electrons. The first-order chi connectivity index (χ1) is 11.6. The van der Waals surface area contributed by atoms with E-state index in [1.54, 1.807) is 4.90 Å². The predicted molar refractivity (Wildman–Crippen MR) is 90.1 cm³/mol. The number of benzene rings is 1.